The van der Waals surface area contributed by atoms with Crippen LogP contribution < -0.4 is 9.86 Å². The molecule has 0 fully saturated rings. The number of imidazole rings is 1. The van der Waals surface area contributed by atoms with Gasteiger partial charge >= 0.3 is 31.1 Å². The summed E-state index contributed by atoms with van der Waals surface area (Å²) >= 11 is 0. The van der Waals surface area contributed by atoms with Gasteiger partial charge in [-0.05, 0) is 6.42 Å². The molecule has 28 heavy (non-hydrogen) atoms. The predicted molar refractivity (Wildman–Crippen MR) is 87.4 cm³/mol. The third-order valence-electron chi connectivity index (χ3n) is 3.14. The number of aromatic nitrogens is 2. The molecule has 1 rings (SSSR count). The highest BCUT2D eigenvalue weighted by Gasteiger charge is 2.55. The Morgan fingerprint density at radius 1 is 1.07 bits per heavy atom. The first-order valence-electron chi connectivity index (χ1n) is 7.60. The summed E-state index contributed by atoms with van der Waals surface area (Å²) in [5, 5.41) is 0. The number of hydrogen-bond acceptors (Lipinski definition) is 6. The van der Waals surface area contributed by atoms with E-state index in [9.17, 15) is 43.2 Å². The second-order valence-electron chi connectivity index (χ2n) is 5.48. The van der Waals surface area contributed by atoms with Crippen molar-refractivity contribution in [1.82, 2.24) is 13.7 Å². The standard InChI is InChI=1S/C10H19N3.C2HF6NO4S2/c1-3-4-5-6-9(11)10-12-7-8-13(10)2;3-1(4,5)14(10,11)9-15(12,13)2(6,7)8/h7-9H,3-6,11H2,1-2H3;9H. The third-order valence-corrected chi connectivity index (χ3v) is 6.11. The van der Waals surface area contributed by atoms with E-state index in [2.05, 4.69) is 11.9 Å². The second-order valence-corrected chi connectivity index (χ2v) is 9.09. The first-order valence-corrected chi connectivity index (χ1v) is 10.6. The van der Waals surface area contributed by atoms with Crippen molar-refractivity contribution in [2.24, 2.45) is 12.8 Å². The second kappa shape index (κ2) is 9.89. The van der Waals surface area contributed by atoms with Gasteiger partial charge in [-0.2, -0.15) is 26.3 Å². The van der Waals surface area contributed by atoms with Crippen molar-refractivity contribution in [2.75, 3.05) is 0 Å². The molecule has 1 heterocycles. The average Bonchev–Trinajstić information content (AvgIpc) is 2.91. The molecule has 0 radical (unpaired) electrons. The molecule has 1 aromatic heterocycles. The molecule has 0 saturated heterocycles. The summed E-state index contributed by atoms with van der Waals surface area (Å²) in [4.78, 5) is 4.23. The number of rotatable bonds is 7. The van der Waals surface area contributed by atoms with E-state index in [1.54, 1.807) is 6.20 Å². The van der Waals surface area contributed by atoms with Crippen LogP contribution in [-0.2, 0) is 27.1 Å². The van der Waals surface area contributed by atoms with Crippen molar-refractivity contribution >= 4 is 20.0 Å². The van der Waals surface area contributed by atoms with Gasteiger partial charge in [-0.1, -0.05) is 30.3 Å². The van der Waals surface area contributed by atoms with Crippen molar-refractivity contribution in [1.29, 1.82) is 0 Å². The highest BCUT2D eigenvalue weighted by Crippen LogP contribution is 2.27. The molecule has 0 aliphatic rings. The Bertz CT molecular complexity index is 776. The zero-order valence-electron chi connectivity index (χ0n) is 14.7. The van der Waals surface area contributed by atoms with Crippen LogP contribution in [-0.4, -0.2) is 37.4 Å². The van der Waals surface area contributed by atoms with Gasteiger partial charge in [0.05, 0.1) is 6.04 Å². The van der Waals surface area contributed by atoms with E-state index in [1.165, 1.54) is 19.3 Å². The van der Waals surface area contributed by atoms with Crippen molar-refractivity contribution in [3.63, 3.8) is 0 Å². The lowest BCUT2D eigenvalue weighted by Crippen LogP contribution is -2.45. The lowest BCUT2D eigenvalue weighted by Gasteiger charge is -2.11. The molecular weight excluding hydrogens is 442 g/mol. The van der Waals surface area contributed by atoms with E-state index in [1.807, 2.05) is 17.8 Å². The van der Waals surface area contributed by atoms with E-state index < -0.39 is 35.2 Å². The van der Waals surface area contributed by atoms with Crippen LogP contribution >= 0.6 is 0 Å². The molecule has 0 saturated carbocycles. The van der Waals surface area contributed by atoms with Gasteiger partial charge in [0, 0.05) is 19.4 Å². The third kappa shape index (κ3) is 7.92. The molecule has 1 atom stereocenters. The number of unbranched alkanes of at least 4 members (excludes halogenated alkanes) is 2. The molecule has 1 aromatic rings. The van der Waals surface area contributed by atoms with Gasteiger partial charge in [0.1, 0.15) is 5.82 Å². The van der Waals surface area contributed by atoms with E-state index >= 15 is 0 Å². The fourth-order valence-corrected chi connectivity index (χ4v) is 3.63. The smallest absolute Gasteiger partial charge is 0.337 e. The van der Waals surface area contributed by atoms with E-state index in [0.717, 1.165) is 12.2 Å². The van der Waals surface area contributed by atoms with Crippen LogP contribution in [0.3, 0.4) is 0 Å². The maximum atomic E-state index is 11.5. The van der Waals surface area contributed by atoms with Crippen LogP contribution in [0.15, 0.2) is 12.4 Å². The van der Waals surface area contributed by atoms with Gasteiger partial charge in [0.2, 0.25) is 0 Å². The minimum absolute atomic E-state index is 0.103. The lowest BCUT2D eigenvalue weighted by atomic mass is 10.1. The van der Waals surface area contributed by atoms with Crippen LogP contribution in [0.4, 0.5) is 26.3 Å². The molecule has 3 N–H and O–H groups in total. The number of nitrogens with zero attached hydrogens (tertiary/aromatic N) is 2. The first-order chi connectivity index (χ1) is 12.5. The summed E-state index contributed by atoms with van der Waals surface area (Å²) in [5.41, 5.74) is -6.30. The molecule has 0 amide bonds. The van der Waals surface area contributed by atoms with E-state index in [-0.39, 0.29) is 6.04 Å². The monoisotopic (exact) mass is 462 g/mol. The number of halogens is 6. The van der Waals surface area contributed by atoms with Crippen molar-refractivity contribution in [2.45, 2.75) is 49.7 Å². The largest absolute Gasteiger partial charge is 0.512 e. The van der Waals surface area contributed by atoms with Crippen LogP contribution in [0.1, 0.15) is 44.5 Å². The lowest BCUT2D eigenvalue weighted by molar-refractivity contribution is -0.0476. The van der Waals surface area contributed by atoms with Gasteiger partial charge in [-0.3, -0.25) is 0 Å². The molecule has 1 unspecified atom stereocenters. The zero-order valence-corrected chi connectivity index (χ0v) is 16.4. The normalized spacial score (nSPS) is 14.3. The maximum Gasteiger partial charge on any atom is 0.512 e. The van der Waals surface area contributed by atoms with Crippen molar-refractivity contribution in [3.8, 4) is 0 Å². The number of hydrogen-bond donors (Lipinski definition) is 2. The molecule has 0 aliphatic carbocycles. The molecular formula is C12H20F6N4O4S2. The van der Waals surface area contributed by atoms with Crippen LogP contribution in [0.2, 0.25) is 0 Å². The fraction of sp³-hybridized carbons (Fsp3) is 0.750. The Morgan fingerprint density at radius 2 is 1.54 bits per heavy atom. The average molecular weight is 462 g/mol. The topological polar surface area (TPSA) is 124 Å². The number of sulfonamides is 2. The van der Waals surface area contributed by atoms with Crippen LogP contribution in [0.25, 0.3) is 0 Å². The molecule has 166 valence electrons. The number of nitrogens with one attached hydrogen (secondary N) is 1. The summed E-state index contributed by atoms with van der Waals surface area (Å²) in [6.07, 6.45) is 8.48. The summed E-state index contributed by atoms with van der Waals surface area (Å²) in [7, 11) is -11.2. The maximum absolute atomic E-state index is 11.5. The zero-order chi connectivity index (χ0) is 22.4. The summed E-state index contributed by atoms with van der Waals surface area (Å²) in [6.45, 7) is 2.20. The SMILES string of the molecule is CCCCCC(N)c1nccn1C.O=S(=O)(NS(=O)(=O)C(F)(F)F)C(F)(F)F. The molecule has 0 spiro atoms. The first kappa shape index (κ1) is 26.6. The minimum atomic E-state index is -6.60. The Hall–Kier alpha value is -1.39. The predicted octanol–water partition coefficient (Wildman–Crippen LogP) is 2.28. The molecule has 0 bridgehead atoms. The van der Waals surface area contributed by atoms with E-state index in [4.69, 9.17) is 5.73 Å². The molecule has 16 heteroatoms. The Morgan fingerprint density at radius 3 is 1.86 bits per heavy atom. The summed E-state index contributed by atoms with van der Waals surface area (Å²) in [5.74, 6) is 0.996. The number of aryl methyl sites for hydroxylation is 1. The molecule has 8 nitrogen and oxygen atoms in total. The van der Waals surface area contributed by atoms with Crippen molar-refractivity contribution < 1.29 is 43.2 Å². The van der Waals surface area contributed by atoms with Gasteiger partial charge in [0.25, 0.3) is 0 Å². The fourth-order valence-electron chi connectivity index (χ4n) is 1.72. The van der Waals surface area contributed by atoms with Gasteiger partial charge in [-0.25, -0.2) is 21.8 Å². The van der Waals surface area contributed by atoms with E-state index in [0.29, 0.717) is 0 Å². The molecule has 0 aliphatic heterocycles. The van der Waals surface area contributed by atoms with Crippen LogP contribution in [0.5, 0.6) is 0 Å². The quantitative estimate of drug-likeness (QED) is 0.473. The molecule has 0 aromatic carbocycles. The minimum Gasteiger partial charge on any atom is -0.337 e. The highest BCUT2D eigenvalue weighted by molar-refractivity contribution is 8.05. The summed E-state index contributed by atoms with van der Waals surface area (Å²) in [6, 6.07) is 0.103. The highest BCUT2D eigenvalue weighted by atomic mass is 32.3. The number of alkyl halides is 6. The van der Waals surface area contributed by atoms with Gasteiger partial charge in [-0.15, -0.1) is 0 Å². The van der Waals surface area contributed by atoms with Crippen LogP contribution in [0, 0.1) is 0 Å². The van der Waals surface area contributed by atoms with Crippen molar-refractivity contribution in [3.05, 3.63) is 18.2 Å². The van der Waals surface area contributed by atoms with Gasteiger partial charge in [0.15, 0.2) is 0 Å². The van der Waals surface area contributed by atoms with Gasteiger partial charge < -0.3 is 10.3 Å². The summed E-state index contributed by atoms with van der Waals surface area (Å²) < 4.78 is 110. The Labute approximate surface area is 158 Å². The number of nitrogens with two attached hydrogens (primary N) is 1. The Kier molecular flexibility index (Phi) is 9.40. The Balaban J connectivity index is 0.000000525.